The van der Waals surface area contributed by atoms with Gasteiger partial charge in [-0.1, -0.05) is 124 Å². The zero-order valence-corrected chi connectivity index (χ0v) is 68.7. The number of anilines is 6. The summed E-state index contributed by atoms with van der Waals surface area (Å²) < 4.78 is 110. The van der Waals surface area contributed by atoms with Crippen molar-refractivity contribution in [2.75, 3.05) is 135 Å². The molecule has 0 unspecified atom stereocenters. The van der Waals surface area contributed by atoms with Crippen LogP contribution < -0.4 is 42.7 Å². The fourth-order valence-electron chi connectivity index (χ4n) is 15.2. The number of aryl methyl sites for hydroxylation is 5. The van der Waals surface area contributed by atoms with Gasteiger partial charge in [-0.3, -0.25) is 28.1 Å². The van der Waals surface area contributed by atoms with Crippen molar-refractivity contribution in [2.45, 2.75) is 93.2 Å². The maximum Gasteiger partial charge on any atom is 0.264 e. The highest BCUT2D eigenvalue weighted by atomic mass is 32.2. The van der Waals surface area contributed by atoms with Gasteiger partial charge in [0.25, 0.3) is 47.8 Å². The van der Waals surface area contributed by atoms with Crippen molar-refractivity contribution in [1.29, 1.82) is 0 Å². The van der Waals surface area contributed by atoms with E-state index in [2.05, 4.69) is 55.1 Å². The van der Waals surface area contributed by atoms with Crippen molar-refractivity contribution < 1.29 is 53.8 Å². The summed E-state index contributed by atoms with van der Waals surface area (Å²) in [6, 6.07) is 61.9. The van der Waals surface area contributed by atoms with E-state index in [4.69, 9.17) is 14.2 Å². The topological polar surface area (TPSA) is 241 Å². The highest BCUT2D eigenvalue weighted by Gasteiger charge is 2.33. The Morgan fingerprint density at radius 2 is 0.861 bits per heavy atom. The van der Waals surface area contributed by atoms with E-state index in [0.717, 1.165) is 89.8 Å². The first-order valence-electron chi connectivity index (χ1n) is 39.2. The summed E-state index contributed by atoms with van der Waals surface area (Å²) in [5.74, 6) is 0.708. The number of unbranched alkanes of at least 4 members (excludes halogenated alkanes) is 1. The summed E-state index contributed by atoms with van der Waals surface area (Å²) in [4.78, 5) is 60.7. The number of sulfonamides is 3. The van der Waals surface area contributed by atoms with Crippen molar-refractivity contribution in [3.63, 3.8) is 0 Å². The fraction of sp³-hybridized carbons (Fsp3) is 0.311. The maximum atomic E-state index is 15.4. The van der Waals surface area contributed by atoms with Gasteiger partial charge in [-0.25, -0.2) is 30.2 Å². The van der Waals surface area contributed by atoms with E-state index in [1.165, 1.54) is 41.2 Å². The molecule has 13 rings (SSSR count). The van der Waals surface area contributed by atoms with E-state index in [9.17, 15) is 30.0 Å². The molecule has 0 bridgehead atoms. The summed E-state index contributed by atoms with van der Waals surface area (Å²) in [5, 5.41) is 0. The number of piperazine rings is 3. The number of carbonyl (C=O) groups is 3. The molecule has 3 aliphatic rings. The van der Waals surface area contributed by atoms with Gasteiger partial charge in [0, 0.05) is 120 Å². The fourth-order valence-corrected chi connectivity index (χ4v) is 18.6. The van der Waals surface area contributed by atoms with Crippen LogP contribution in [0.5, 0.6) is 17.4 Å². The van der Waals surface area contributed by atoms with Gasteiger partial charge in [-0.2, -0.15) is 0 Å². The normalized spacial score (nSPS) is 14.1. The Labute approximate surface area is 676 Å². The number of nitrogens with one attached hydrogen (secondary N) is 2. The first-order chi connectivity index (χ1) is 55.5. The van der Waals surface area contributed by atoms with Gasteiger partial charge >= 0.3 is 0 Å². The van der Waals surface area contributed by atoms with E-state index in [1.807, 2.05) is 103 Å². The van der Waals surface area contributed by atoms with E-state index in [1.54, 1.807) is 116 Å². The molecule has 0 aliphatic carbocycles. The van der Waals surface area contributed by atoms with Crippen LogP contribution in [-0.4, -0.2) is 170 Å². The van der Waals surface area contributed by atoms with Crippen molar-refractivity contribution in [3.05, 3.63) is 279 Å². The third kappa shape index (κ3) is 19.2. The van der Waals surface area contributed by atoms with E-state index >= 15 is 9.59 Å². The minimum Gasteiger partial charge on any atom is -0.495 e. The third-order valence-corrected chi connectivity index (χ3v) is 26.4. The smallest absolute Gasteiger partial charge is 0.264 e. The number of amides is 3. The Hall–Kier alpha value is -11.4. The molecule has 3 aliphatic heterocycles. The molecule has 0 radical (unpaired) electrons. The van der Waals surface area contributed by atoms with Crippen molar-refractivity contribution in [2.24, 2.45) is 0 Å². The van der Waals surface area contributed by atoms with Crippen LogP contribution in [0.2, 0.25) is 0 Å². The second kappa shape index (κ2) is 36.4. The van der Waals surface area contributed by atoms with Crippen molar-refractivity contribution >= 4 is 81.9 Å². The minimum atomic E-state index is -4.20. The summed E-state index contributed by atoms with van der Waals surface area (Å²) in [6.07, 6.45) is 8.56. The largest absolute Gasteiger partial charge is 0.495 e. The van der Waals surface area contributed by atoms with E-state index < -0.39 is 30.1 Å². The Morgan fingerprint density at radius 3 is 1.40 bits per heavy atom. The van der Waals surface area contributed by atoms with Gasteiger partial charge in [0.15, 0.2) is 0 Å². The standard InChI is InChI=1S/C90H100N10O12S3/c1-8-10-16-67-23-33-73(34-24-67)93-114(106,107)77-40-31-71(80(62-77)89(102)99-53-47-96(48-54-99)83-19-14-44-91-87(83)112-7)57-69-30-43-85(110-5)84(59-69)97-49-55-100(56-50-97)90(103)81-63-78(115(108,109)94(4)75-37-27-65(15-9-2)28-38-75)41-32-72(81)58-70-29-42-82(86(60-70)111-6)95-45-51-98(52-46-95)88(101)79-61-76(39-20-64(79)3)113(104,105)92-74-35-25-68(26-36-74)22-21-66-17-12-11-13-18-66/h11-14,17-20,23-44,59-63,92-93H,8-10,15-16,21-22,45-58H2,1-7H3. The molecule has 10 aromatic rings. The molecule has 3 saturated heterocycles. The lowest BCUT2D eigenvalue weighted by Gasteiger charge is -2.37. The quantitative estimate of drug-likeness (QED) is 0.0425. The first kappa shape index (κ1) is 81.6. The Balaban J connectivity index is 0.710. The number of carbonyl (C=O) groups excluding carboxylic acids is 3. The van der Waals surface area contributed by atoms with Crippen LogP contribution in [0.3, 0.4) is 0 Å². The predicted octanol–water partition coefficient (Wildman–Crippen LogP) is 14.0. The number of benzene rings is 9. The number of aromatic nitrogens is 1. The van der Waals surface area contributed by atoms with E-state index in [-0.39, 0.29) is 69.5 Å². The molecule has 22 nitrogen and oxygen atoms in total. The zero-order valence-electron chi connectivity index (χ0n) is 66.3. The van der Waals surface area contributed by atoms with Gasteiger partial charge < -0.3 is 43.6 Å². The zero-order chi connectivity index (χ0) is 81.0. The molecule has 3 amide bonds. The maximum absolute atomic E-state index is 15.4. The van der Waals surface area contributed by atoms with Crippen molar-refractivity contribution in [1.82, 2.24) is 19.7 Å². The Morgan fingerprint density at radius 1 is 0.409 bits per heavy atom. The van der Waals surface area contributed by atoms with Crippen LogP contribution in [0.25, 0.3) is 0 Å². The van der Waals surface area contributed by atoms with Gasteiger partial charge in [0.1, 0.15) is 11.5 Å². The predicted molar refractivity (Wildman–Crippen MR) is 454 cm³/mol. The first-order valence-corrected chi connectivity index (χ1v) is 43.6. The number of hydrogen-bond acceptors (Lipinski definition) is 16. The number of hydrogen-bond donors (Lipinski definition) is 2. The molecule has 0 saturated carbocycles. The minimum absolute atomic E-state index is 0.0195. The Bertz CT molecular complexity index is 5480. The highest BCUT2D eigenvalue weighted by molar-refractivity contribution is 7.93. The second-order valence-corrected chi connectivity index (χ2v) is 34.8. The molecule has 115 heavy (non-hydrogen) atoms. The third-order valence-electron chi connectivity index (χ3n) is 21.9. The van der Waals surface area contributed by atoms with Gasteiger partial charge in [0.2, 0.25) is 5.88 Å². The average Bonchev–Trinajstić information content (AvgIpc) is 0.759. The van der Waals surface area contributed by atoms with Crippen LogP contribution in [-0.2, 0) is 68.6 Å². The summed E-state index contributed by atoms with van der Waals surface area (Å²) >= 11 is 0. The summed E-state index contributed by atoms with van der Waals surface area (Å²) in [5.41, 5.74) is 12.4. The summed E-state index contributed by atoms with van der Waals surface area (Å²) in [6.45, 7) is 10.6. The molecule has 1 aromatic heterocycles. The molecule has 25 heteroatoms. The average molecular weight is 1610 g/mol. The molecule has 0 atom stereocenters. The molecular weight excluding hydrogens is 1510 g/mol. The monoisotopic (exact) mass is 1610 g/mol. The van der Waals surface area contributed by atoms with Crippen molar-refractivity contribution in [3.8, 4) is 17.4 Å². The van der Waals surface area contributed by atoms with Crippen LogP contribution in [0.4, 0.5) is 34.1 Å². The van der Waals surface area contributed by atoms with Gasteiger partial charge in [0.05, 0.1) is 58.8 Å². The number of nitrogens with zero attached hydrogens (tertiary/aromatic N) is 8. The molecule has 3 fully saturated rings. The van der Waals surface area contributed by atoms with Crippen LogP contribution >= 0.6 is 0 Å². The number of methoxy groups -OCH3 is 3. The SMILES string of the molecule is CCCCc1ccc(NS(=O)(=O)c2ccc(Cc3ccc(OC)c(N4CCN(C(=O)c5cc(S(=O)(=O)N(C)c6ccc(CCC)cc6)ccc5Cc5ccc(N6CCN(C(=O)c7cc(S(=O)(=O)Nc8ccc(CCc9ccccc9)cc8)ccc7C)CC6)c(OC)c5)CC4)c3)c(C(=O)N3CCN(c4cccnc4OC)CC3)c2)cc1. The molecule has 9 aromatic carbocycles. The lowest BCUT2D eigenvalue weighted by Crippen LogP contribution is -2.49. The highest BCUT2D eigenvalue weighted by Crippen LogP contribution is 2.37. The van der Waals surface area contributed by atoms with Gasteiger partial charge in [-0.15, -0.1) is 0 Å². The molecule has 600 valence electrons. The lowest BCUT2D eigenvalue weighted by molar-refractivity contribution is 0.0737. The number of rotatable bonds is 30. The molecular formula is C90H100N10O12S3. The van der Waals surface area contributed by atoms with Crippen LogP contribution in [0.1, 0.15) is 114 Å². The Kier molecular flexibility index (Phi) is 25.8. The lowest BCUT2D eigenvalue weighted by atomic mass is 9.97. The summed E-state index contributed by atoms with van der Waals surface area (Å²) in [7, 11) is -6.15. The number of pyridine rings is 1. The van der Waals surface area contributed by atoms with Crippen LogP contribution in [0.15, 0.2) is 227 Å². The molecule has 4 heterocycles. The molecule has 2 N–H and O–H groups in total. The molecule has 0 spiro atoms. The van der Waals surface area contributed by atoms with Crippen LogP contribution in [0, 0.1) is 6.92 Å². The second-order valence-electron chi connectivity index (χ2n) is 29.4. The van der Waals surface area contributed by atoms with Gasteiger partial charge in [-0.05, 0) is 211 Å². The van der Waals surface area contributed by atoms with E-state index in [0.29, 0.717) is 122 Å². The number of ether oxygens (including phenoxy) is 3.